The molecule has 0 bridgehead atoms. The van der Waals surface area contributed by atoms with Crippen molar-refractivity contribution >= 4 is 23.5 Å². The van der Waals surface area contributed by atoms with Crippen molar-refractivity contribution in [2.75, 3.05) is 13.7 Å². The Balaban J connectivity index is 1.99. The van der Waals surface area contributed by atoms with Gasteiger partial charge in [0.2, 0.25) is 0 Å². The topological polar surface area (TPSA) is 73.2 Å². The number of carbonyl (C=O) groups is 2. The zero-order valence-electron chi connectivity index (χ0n) is 15.8. The molecule has 0 aliphatic rings. The summed E-state index contributed by atoms with van der Waals surface area (Å²) >= 11 is 5.85. The number of amides is 1. The Labute approximate surface area is 171 Å². The van der Waals surface area contributed by atoms with Gasteiger partial charge in [0.1, 0.15) is 0 Å². The van der Waals surface area contributed by atoms with Gasteiger partial charge in [-0.05, 0) is 31.0 Å². The molecular weight excluding hydrogens is 411 g/mol. The fourth-order valence-electron chi connectivity index (χ4n) is 2.74. The van der Waals surface area contributed by atoms with E-state index >= 15 is 0 Å². The SMILES string of the molecule is COC(=O)CCCCCCNC(=O)c1cnn(-c2cccc(Cl)c2)c1C(F)(F)F. The van der Waals surface area contributed by atoms with Gasteiger partial charge in [0.15, 0.2) is 5.69 Å². The van der Waals surface area contributed by atoms with Gasteiger partial charge in [0.05, 0.1) is 24.6 Å². The lowest BCUT2D eigenvalue weighted by Gasteiger charge is -2.13. The summed E-state index contributed by atoms with van der Waals surface area (Å²) in [5, 5.41) is 6.48. The predicted molar refractivity (Wildman–Crippen MR) is 101 cm³/mol. The molecular formula is C19H21ClF3N3O3. The van der Waals surface area contributed by atoms with Crippen molar-refractivity contribution in [1.82, 2.24) is 15.1 Å². The first-order valence-electron chi connectivity index (χ1n) is 9.00. The molecule has 0 saturated heterocycles. The lowest BCUT2D eigenvalue weighted by molar-refractivity contribution is -0.143. The van der Waals surface area contributed by atoms with E-state index in [0.717, 1.165) is 19.0 Å². The standard InChI is InChI=1S/C19H21ClF3N3O3/c1-29-16(27)9-4-2-3-5-10-24-18(28)15-12-25-26(17(15)19(21,22)23)14-8-6-7-13(20)11-14/h6-8,11-12H,2-5,9-10H2,1H3,(H,24,28). The Kier molecular flexibility index (Phi) is 8.07. The molecule has 0 aliphatic heterocycles. The Morgan fingerprint density at radius 2 is 1.93 bits per heavy atom. The minimum Gasteiger partial charge on any atom is -0.469 e. The minimum atomic E-state index is -4.78. The van der Waals surface area contributed by atoms with Crippen molar-refractivity contribution in [3.05, 3.63) is 46.7 Å². The minimum absolute atomic E-state index is 0.106. The number of aromatic nitrogens is 2. The molecule has 10 heteroatoms. The summed E-state index contributed by atoms with van der Waals surface area (Å²) in [4.78, 5) is 23.3. The molecule has 29 heavy (non-hydrogen) atoms. The van der Waals surface area contributed by atoms with Gasteiger partial charge in [-0.25, -0.2) is 4.68 Å². The smallest absolute Gasteiger partial charge is 0.434 e. The zero-order chi connectivity index (χ0) is 21.4. The second kappa shape index (κ2) is 10.3. The van der Waals surface area contributed by atoms with Gasteiger partial charge in [0.25, 0.3) is 5.91 Å². The van der Waals surface area contributed by atoms with Gasteiger partial charge in [-0.15, -0.1) is 0 Å². The van der Waals surface area contributed by atoms with E-state index in [1.807, 2.05) is 0 Å². The molecule has 0 fully saturated rings. The molecule has 6 nitrogen and oxygen atoms in total. The van der Waals surface area contributed by atoms with Crippen LogP contribution >= 0.6 is 11.6 Å². The second-order valence-electron chi connectivity index (χ2n) is 6.29. The Bertz CT molecular complexity index is 853. The number of unbranched alkanes of at least 4 members (excludes halogenated alkanes) is 3. The van der Waals surface area contributed by atoms with Crippen LogP contribution in [0.4, 0.5) is 13.2 Å². The van der Waals surface area contributed by atoms with E-state index in [0.29, 0.717) is 23.9 Å². The number of esters is 1. The maximum atomic E-state index is 13.6. The molecule has 158 valence electrons. The molecule has 1 N–H and O–H groups in total. The third-order valence-corrected chi connectivity index (χ3v) is 4.39. The van der Waals surface area contributed by atoms with Gasteiger partial charge in [-0.3, -0.25) is 9.59 Å². The van der Waals surface area contributed by atoms with Crippen molar-refractivity contribution in [3.8, 4) is 5.69 Å². The van der Waals surface area contributed by atoms with Gasteiger partial charge in [-0.1, -0.05) is 30.5 Å². The average molecular weight is 432 g/mol. The normalized spacial score (nSPS) is 11.3. The van der Waals surface area contributed by atoms with Crippen LogP contribution < -0.4 is 5.32 Å². The van der Waals surface area contributed by atoms with Crippen LogP contribution in [0.15, 0.2) is 30.5 Å². The van der Waals surface area contributed by atoms with Crippen molar-refractivity contribution < 1.29 is 27.5 Å². The monoisotopic (exact) mass is 431 g/mol. The number of benzene rings is 1. The molecule has 1 amide bonds. The van der Waals surface area contributed by atoms with Gasteiger partial charge in [0, 0.05) is 18.0 Å². The second-order valence-corrected chi connectivity index (χ2v) is 6.73. The van der Waals surface area contributed by atoms with E-state index in [1.165, 1.54) is 31.4 Å². The van der Waals surface area contributed by atoms with Crippen LogP contribution in [0.1, 0.15) is 48.2 Å². The third kappa shape index (κ3) is 6.49. The average Bonchev–Trinajstić information content (AvgIpc) is 3.12. The summed E-state index contributed by atoms with van der Waals surface area (Å²) in [5.74, 6) is -1.13. The molecule has 1 heterocycles. The summed E-state index contributed by atoms with van der Waals surface area (Å²) in [5.41, 5.74) is -1.60. The fraction of sp³-hybridized carbons (Fsp3) is 0.421. The molecule has 2 rings (SSSR count). The van der Waals surface area contributed by atoms with E-state index in [4.69, 9.17) is 11.6 Å². The van der Waals surface area contributed by atoms with Gasteiger partial charge >= 0.3 is 12.1 Å². The number of halogens is 4. The Morgan fingerprint density at radius 3 is 2.59 bits per heavy atom. The summed E-state index contributed by atoms with van der Waals surface area (Å²) in [6.07, 6.45) is -0.839. The molecule has 0 aliphatic carbocycles. The molecule has 0 atom stereocenters. The molecule has 0 spiro atoms. The number of carbonyl (C=O) groups excluding carboxylic acids is 2. The summed E-state index contributed by atoms with van der Waals surface area (Å²) in [7, 11) is 1.32. The number of rotatable bonds is 9. The number of methoxy groups -OCH3 is 1. The number of hydrogen-bond donors (Lipinski definition) is 1. The summed E-state index contributed by atoms with van der Waals surface area (Å²) in [6, 6.07) is 5.78. The van der Waals surface area contributed by atoms with Crippen LogP contribution in [0.2, 0.25) is 5.02 Å². The zero-order valence-corrected chi connectivity index (χ0v) is 16.5. The highest BCUT2D eigenvalue weighted by Gasteiger charge is 2.40. The first-order chi connectivity index (χ1) is 13.7. The van der Waals surface area contributed by atoms with E-state index in [1.54, 1.807) is 0 Å². The van der Waals surface area contributed by atoms with Crippen LogP contribution in [-0.4, -0.2) is 35.3 Å². The largest absolute Gasteiger partial charge is 0.469 e. The molecule has 2 aromatic rings. The highest BCUT2D eigenvalue weighted by molar-refractivity contribution is 6.30. The summed E-state index contributed by atoms with van der Waals surface area (Å²) in [6.45, 7) is 0.219. The van der Waals surface area contributed by atoms with Crippen molar-refractivity contribution in [3.63, 3.8) is 0 Å². The van der Waals surface area contributed by atoms with Gasteiger partial charge < -0.3 is 10.1 Å². The Hall–Kier alpha value is -2.55. The van der Waals surface area contributed by atoms with Crippen LogP contribution in [0, 0.1) is 0 Å². The van der Waals surface area contributed by atoms with E-state index in [-0.39, 0.29) is 23.2 Å². The van der Waals surface area contributed by atoms with Crippen LogP contribution in [0.3, 0.4) is 0 Å². The highest BCUT2D eigenvalue weighted by atomic mass is 35.5. The van der Waals surface area contributed by atoms with Crippen LogP contribution in [0.25, 0.3) is 5.69 Å². The predicted octanol–water partition coefficient (Wildman–Crippen LogP) is 4.40. The van der Waals surface area contributed by atoms with E-state index in [2.05, 4.69) is 15.2 Å². The number of alkyl halides is 3. The highest BCUT2D eigenvalue weighted by Crippen LogP contribution is 2.34. The molecule has 1 aromatic carbocycles. The maximum absolute atomic E-state index is 13.6. The number of ether oxygens (including phenoxy) is 1. The molecule has 0 unspecified atom stereocenters. The molecule has 0 saturated carbocycles. The Morgan fingerprint density at radius 1 is 1.21 bits per heavy atom. The van der Waals surface area contributed by atoms with Crippen molar-refractivity contribution in [1.29, 1.82) is 0 Å². The van der Waals surface area contributed by atoms with Crippen molar-refractivity contribution in [2.45, 2.75) is 38.3 Å². The number of hydrogen-bond acceptors (Lipinski definition) is 4. The first-order valence-corrected chi connectivity index (χ1v) is 9.38. The maximum Gasteiger partial charge on any atom is 0.434 e. The van der Waals surface area contributed by atoms with E-state index in [9.17, 15) is 22.8 Å². The van der Waals surface area contributed by atoms with Gasteiger partial charge in [-0.2, -0.15) is 18.3 Å². The quantitative estimate of drug-likeness (QED) is 0.472. The van der Waals surface area contributed by atoms with Crippen LogP contribution in [-0.2, 0) is 15.7 Å². The lowest BCUT2D eigenvalue weighted by atomic mass is 10.1. The lowest BCUT2D eigenvalue weighted by Crippen LogP contribution is -2.27. The third-order valence-electron chi connectivity index (χ3n) is 4.16. The van der Waals surface area contributed by atoms with Crippen LogP contribution in [0.5, 0.6) is 0 Å². The summed E-state index contributed by atoms with van der Waals surface area (Å²) < 4.78 is 46.0. The molecule has 1 aromatic heterocycles. The number of nitrogens with one attached hydrogen (secondary N) is 1. The van der Waals surface area contributed by atoms with Crippen molar-refractivity contribution in [2.24, 2.45) is 0 Å². The molecule has 0 radical (unpaired) electrons. The van der Waals surface area contributed by atoms with E-state index < -0.39 is 23.3 Å². The fourth-order valence-corrected chi connectivity index (χ4v) is 2.92. The number of nitrogens with zero attached hydrogens (tertiary/aromatic N) is 2. The first kappa shape index (κ1) is 22.7.